The molecule has 1 saturated carbocycles. The Morgan fingerprint density at radius 2 is 2.08 bits per heavy atom. The maximum Gasteiger partial charge on any atom is 0.230 e. The molecule has 0 bridgehead atoms. The molecule has 2 aliphatic rings. The van der Waals surface area contributed by atoms with Gasteiger partial charge in [-0.05, 0) is 63.4 Å². The molecule has 2 fully saturated rings. The smallest absolute Gasteiger partial charge is 0.230 e. The number of aromatic nitrogens is 1. The molecule has 0 radical (unpaired) electrons. The third-order valence-electron chi connectivity index (χ3n) is 5.51. The minimum Gasteiger partial charge on any atom is -0.490 e. The summed E-state index contributed by atoms with van der Waals surface area (Å²) in [6.45, 7) is 3.86. The van der Waals surface area contributed by atoms with Crippen LogP contribution in [0.3, 0.4) is 0 Å². The van der Waals surface area contributed by atoms with Crippen LogP contribution in [-0.2, 0) is 4.79 Å². The lowest BCUT2D eigenvalue weighted by molar-refractivity contribution is -0.126. The summed E-state index contributed by atoms with van der Waals surface area (Å²) in [4.78, 5) is 16.0. The van der Waals surface area contributed by atoms with E-state index in [0.717, 1.165) is 61.1 Å². The number of piperidine rings is 1. The molecule has 1 aliphatic heterocycles. The Balaban J connectivity index is 1.54. The Morgan fingerprint density at radius 1 is 1.29 bits per heavy atom. The second-order valence-corrected chi connectivity index (χ2v) is 7.35. The number of hydrogen-bond donors (Lipinski definition) is 3. The van der Waals surface area contributed by atoms with E-state index in [1.165, 1.54) is 6.42 Å². The predicted octanol–water partition coefficient (Wildman–Crippen LogP) is 3.43. The maximum absolute atomic E-state index is 12.8. The molecular formula is C19H25N3O2. The topological polar surface area (TPSA) is 66.2 Å². The summed E-state index contributed by atoms with van der Waals surface area (Å²) >= 11 is 0. The van der Waals surface area contributed by atoms with Gasteiger partial charge in [-0.3, -0.25) is 4.79 Å². The first-order chi connectivity index (χ1) is 11.6. The number of amides is 1. The zero-order valence-corrected chi connectivity index (χ0v) is 14.2. The Morgan fingerprint density at radius 3 is 2.79 bits per heavy atom. The number of fused-ring (bicyclic) bond motifs is 1. The third kappa shape index (κ3) is 2.88. The summed E-state index contributed by atoms with van der Waals surface area (Å²) in [7, 11) is 0. The van der Waals surface area contributed by atoms with E-state index in [1.807, 2.05) is 24.4 Å². The van der Waals surface area contributed by atoms with Crippen molar-refractivity contribution in [3.05, 3.63) is 24.4 Å². The van der Waals surface area contributed by atoms with Crippen molar-refractivity contribution in [2.45, 2.75) is 45.1 Å². The van der Waals surface area contributed by atoms with Crippen LogP contribution in [0.1, 0.15) is 39.0 Å². The van der Waals surface area contributed by atoms with Crippen molar-refractivity contribution < 1.29 is 9.53 Å². The molecule has 2 aromatic rings. The standard InChI is InChI=1S/C19H25N3O2/c1-19(7-9-20-10-8-19)18(23)22-17-12-21-16-6-5-14(11-15(16)17)24-13-3-2-4-13/h5-6,11-13,20-21H,2-4,7-10H2,1H3,(H,22,23). The van der Waals surface area contributed by atoms with Crippen molar-refractivity contribution in [3.8, 4) is 5.75 Å². The molecule has 0 spiro atoms. The average molecular weight is 327 g/mol. The Labute approximate surface area is 142 Å². The highest BCUT2D eigenvalue weighted by Crippen LogP contribution is 2.33. The van der Waals surface area contributed by atoms with Crippen LogP contribution in [0.4, 0.5) is 5.69 Å². The van der Waals surface area contributed by atoms with Crippen molar-refractivity contribution in [2.75, 3.05) is 18.4 Å². The highest BCUT2D eigenvalue weighted by atomic mass is 16.5. The van der Waals surface area contributed by atoms with E-state index in [4.69, 9.17) is 4.74 Å². The fourth-order valence-electron chi connectivity index (χ4n) is 3.44. The number of ether oxygens (including phenoxy) is 1. The van der Waals surface area contributed by atoms with E-state index in [0.29, 0.717) is 6.10 Å². The van der Waals surface area contributed by atoms with Crippen molar-refractivity contribution in [1.82, 2.24) is 10.3 Å². The van der Waals surface area contributed by atoms with Gasteiger partial charge in [0.25, 0.3) is 0 Å². The van der Waals surface area contributed by atoms with E-state index in [2.05, 4.69) is 22.5 Å². The zero-order chi connectivity index (χ0) is 16.6. The highest BCUT2D eigenvalue weighted by molar-refractivity contribution is 6.03. The summed E-state index contributed by atoms with van der Waals surface area (Å²) in [5, 5.41) is 7.46. The van der Waals surface area contributed by atoms with Gasteiger partial charge in [0.15, 0.2) is 0 Å². The van der Waals surface area contributed by atoms with Crippen molar-refractivity contribution in [2.24, 2.45) is 5.41 Å². The second-order valence-electron chi connectivity index (χ2n) is 7.35. The van der Waals surface area contributed by atoms with Crippen LogP contribution in [0.25, 0.3) is 10.9 Å². The zero-order valence-electron chi connectivity index (χ0n) is 14.2. The monoisotopic (exact) mass is 327 g/mol. The number of benzene rings is 1. The van der Waals surface area contributed by atoms with Gasteiger partial charge in [0.2, 0.25) is 5.91 Å². The molecule has 24 heavy (non-hydrogen) atoms. The lowest BCUT2D eigenvalue weighted by Crippen LogP contribution is -2.42. The fraction of sp³-hybridized carbons (Fsp3) is 0.526. The molecule has 4 rings (SSSR count). The number of anilines is 1. The van der Waals surface area contributed by atoms with Gasteiger partial charge in [-0.25, -0.2) is 0 Å². The lowest BCUT2D eigenvalue weighted by Gasteiger charge is -2.32. The molecule has 3 N–H and O–H groups in total. The minimum atomic E-state index is -0.297. The number of aromatic amines is 1. The summed E-state index contributed by atoms with van der Waals surface area (Å²) in [5.41, 5.74) is 1.56. The number of nitrogens with one attached hydrogen (secondary N) is 3. The summed E-state index contributed by atoms with van der Waals surface area (Å²) in [6.07, 6.45) is 7.51. The molecule has 5 nitrogen and oxygen atoms in total. The molecule has 2 heterocycles. The highest BCUT2D eigenvalue weighted by Gasteiger charge is 2.34. The van der Waals surface area contributed by atoms with Crippen LogP contribution in [-0.4, -0.2) is 30.1 Å². The number of H-pyrrole nitrogens is 1. The minimum absolute atomic E-state index is 0.107. The maximum atomic E-state index is 12.8. The molecule has 1 aromatic carbocycles. The summed E-state index contributed by atoms with van der Waals surface area (Å²) < 4.78 is 5.99. The average Bonchev–Trinajstić information content (AvgIpc) is 2.94. The van der Waals surface area contributed by atoms with Gasteiger partial charge < -0.3 is 20.4 Å². The van der Waals surface area contributed by atoms with Gasteiger partial charge in [0.1, 0.15) is 5.75 Å². The molecule has 1 saturated heterocycles. The Hall–Kier alpha value is -2.01. The second kappa shape index (κ2) is 6.13. The molecule has 5 heteroatoms. The molecular weight excluding hydrogens is 302 g/mol. The predicted molar refractivity (Wildman–Crippen MR) is 95.4 cm³/mol. The van der Waals surface area contributed by atoms with Gasteiger partial charge in [-0.2, -0.15) is 0 Å². The number of rotatable bonds is 4. The first-order valence-electron chi connectivity index (χ1n) is 8.94. The summed E-state index contributed by atoms with van der Waals surface area (Å²) in [6, 6.07) is 6.05. The van der Waals surface area contributed by atoms with Crippen LogP contribution in [0, 0.1) is 5.41 Å². The van der Waals surface area contributed by atoms with Gasteiger partial charge in [0, 0.05) is 22.5 Å². The van der Waals surface area contributed by atoms with E-state index in [9.17, 15) is 4.79 Å². The van der Waals surface area contributed by atoms with E-state index < -0.39 is 0 Å². The van der Waals surface area contributed by atoms with Gasteiger partial charge in [-0.1, -0.05) is 6.92 Å². The number of carbonyl (C=O) groups excluding carboxylic acids is 1. The molecule has 0 atom stereocenters. The fourth-order valence-corrected chi connectivity index (χ4v) is 3.44. The largest absolute Gasteiger partial charge is 0.490 e. The quantitative estimate of drug-likeness (QED) is 0.806. The third-order valence-corrected chi connectivity index (χ3v) is 5.51. The SMILES string of the molecule is CC1(C(=O)Nc2c[nH]c3ccc(OC4CCC4)cc23)CCNCC1. The molecule has 128 valence electrons. The first kappa shape index (κ1) is 15.5. The first-order valence-corrected chi connectivity index (χ1v) is 8.94. The molecule has 0 unspecified atom stereocenters. The van der Waals surface area contributed by atoms with Crippen molar-refractivity contribution >= 4 is 22.5 Å². The Kier molecular flexibility index (Phi) is 3.96. The van der Waals surface area contributed by atoms with E-state index >= 15 is 0 Å². The van der Waals surface area contributed by atoms with E-state index in [1.54, 1.807) is 0 Å². The number of carbonyl (C=O) groups is 1. The van der Waals surface area contributed by atoms with Crippen LogP contribution in [0.15, 0.2) is 24.4 Å². The van der Waals surface area contributed by atoms with Crippen LogP contribution in [0.5, 0.6) is 5.75 Å². The molecule has 1 aliphatic carbocycles. The number of hydrogen-bond acceptors (Lipinski definition) is 3. The van der Waals surface area contributed by atoms with Crippen LogP contribution >= 0.6 is 0 Å². The molecule has 1 amide bonds. The lowest BCUT2D eigenvalue weighted by atomic mass is 9.80. The van der Waals surface area contributed by atoms with Gasteiger partial charge >= 0.3 is 0 Å². The van der Waals surface area contributed by atoms with Crippen LogP contribution in [0.2, 0.25) is 0 Å². The van der Waals surface area contributed by atoms with Gasteiger partial charge in [0.05, 0.1) is 11.8 Å². The Bertz CT molecular complexity index is 742. The van der Waals surface area contributed by atoms with Gasteiger partial charge in [-0.15, -0.1) is 0 Å². The normalized spacial score (nSPS) is 20.5. The molecule has 1 aromatic heterocycles. The van der Waals surface area contributed by atoms with Crippen molar-refractivity contribution in [3.63, 3.8) is 0 Å². The summed E-state index contributed by atoms with van der Waals surface area (Å²) in [5.74, 6) is 0.991. The van der Waals surface area contributed by atoms with E-state index in [-0.39, 0.29) is 11.3 Å². The van der Waals surface area contributed by atoms with Crippen LogP contribution < -0.4 is 15.4 Å². The van der Waals surface area contributed by atoms with Crippen molar-refractivity contribution in [1.29, 1.82) is 0 Å².